The number of anilines is 2. The van der Waals surface area contributed by atoms with Crippen LogP contribution < -0.4 is 5.32 Å². The summed E-state index contributed by atoms with van der Waals surface area (Å²) in [4.78, 5) is 0. The molecule has 1 N–H and O–H groups in total. The highest BCUT2D eigenvalue weighted by atomic mass is 14.9. The molecule has 0 saturated heterocycles. The number of nitrogens with one attached hydrogen (secondary N) is 1. The Morgan fingerprint density at radius 1 is 0.311 bits per heavy atom. The molecular weight excluding hydrogens is 735 g/mol. The highest BCUT2D eigenvalue weighted by Crippen LogP contribution is 2.64. The van der Waals surface area contributed by atoms with Crippen molar-refractivity contribution in [2.75, 3.05) is 5.32 Å². The van der Waals surface area contributed by atoms with Crippen LogP contribution in [0.3, 0.4) is 0 Å². The van der Waals surface area contributed by atoms with Gasteiger partial charge in [0.1, 0.15) is 0 Å². The van der Waals surface area contributed by atoms with Gasteiger partial charge in [0.05, 0.1) is 5.41 Å². The summed E-state index contributed by atoms with van der Waals surface area (Å²) < 4.78 is 0. The van der Waals surface area contributed by atoms with E-state index < -0.39 is 5.41 Å². The predicted octanol–water partition coefficient (Wildman–Crippen LogP) is 15.7. The van der Waals surface area contributed by atoms with Gasteiger partial charge in [-0.1, -0.05) is 177 Å². The summed E-state index contributed by atoms with van der Waals surface area (Å²) in [6.07, 6.45) is 4.98. The van der Waals surface area contributed by atoms with Gasteiger partial charge >= 0.3 is 0 Å². The second-order valence-electron chi connectivity index (χ2n) is 17.9. The van der Waals surface area contributed by atoms with Gasteiger partial charge in [0.2, 0.25) is 0 Å². The van der Waals surface area contributed by atoms with Gasteiger partial charge in [-0.15, -0.1) is 0 Å². The summed E-state index contributed by atoms with van der Waals surface area (Å²) in [6.45, 7) is 0. The fourth-order valence-corrected chi connectivity index (χ4v) is 12.8. The fraction of sp³-hybridized carbons (Fsp3) is 0.100. The smallest absolute Gasteiger partial charge is 0.0726 e. The van der Waals surface area contributed by atoms with E-state index in [2.05, 4.69) is 199 Å². The van der Waals surface area contributed by atoms with Crippen molar-refractivity contribution in [2.45, 2.75) is 36.5 Å². The van der Waals surface area contributed by atoms with Crippen molar-refractivity contribution in [3.05, 3.63) is 228 Å². The van der Waals surface area contributed by atoms with Crippen molar-refractivity contribution in [1.82, 2.24) is 0 Å². The molecule has 0 heterocycles. The number of hydrogen-bond acceptors (Lipinski definition) is 1. The van der Waals surface area contributed by atoms with Crippen LogP contribution in [0.5, 0.6) is 0 Å². The molecule has 4 aliphatic carbocycles. The molecule has 61 heavy (non-hydrogen) atoms. The van der Waals surface area contributed by atoms with Crippen LogP contribution in [0.2, 0.25) is 0 Å². The van der Waals surface area contributed by atoms with E-state index in [0.717, 1.165) is 11.4 Å². The third-order valence-electron chi connectivity index (χ3n) is 15.2. The minimum atomic E-state index is -0.430. The van der Waals surface area contributed by atoms with Crippen molar-refractivity contribution in [3.63, 3.8) is 0 Å². The maximum Gasteiger partial charge on any atom is 0.0726 e. The van der Waals surface area contributed by atoms with Gasteiger partial charge in [-0.25, -0.2) is 0 Å². The monoisotopic (exact) mass is 775 g/mol. The van der Waals surface area contributed by atoms with Crippen molar-refractivity contribution < 1.29 is 0 Å². The first-order chi connectivity index (χ1) is 30.2. The number of hydrogen-bond donors (Lipinski definition) is 1. The van der Waals surface area contributed by atoms with E-state index >= 15 is 0 Å². The molecule has 0 bridgehead atoms. The van der Waals surface area contributed by atoms with Gasteiger partial charge in [-0.05, 0) is 148 Å². The lowest BCUT2D eigenvalue weighted by atomic mass is 9.70. The quantitative estimate of drug-likeness (QED) is 0.176. The first-order valence-corrected chi connectivity index (χ1v) is 22.1. The molecule has 0 unspecified atom stereocenters. The van der Waals surface area contributed by atoms with Crippen LogP contribution in [0, 0.1) is 0 Å². The van der Waals surface area contributed by atoms with Gasteiger partial charge in [0.25, 0.3) is 0 Å². The topological polar surface area (TPSA) is 12.0 Å². The Kier molecular flexibility index (Phi) is 6.71. The SMILES string of the molecule is c1ccc2c(c1)-c1ccc(-c3cc4c(cc3Nc3ccc5c6ccccc6c6ccccc6c5c3)C3(c5ccccc5-c5ccccc53)c3ccccc3-4)cc1C21CCCC1. The zero-order valence-corrected chi connectivity index (χ0v) is 33.8. The molecule has 1 saturated carbocycles. The molecule has 0 amide bonds. The zero-order chi connectivity index (χ0) is 39.9. The summed E-state index contributed by atoms with van der Waals surface area (Å²) in [5, 5.41) is 11.8. The second kappa shape index (κ2) is 12.2. The van der Waals surface area contributed by atoms with Gasteiger partial charge in [0.15, 0.2) is 0 Å². The van der Waals surface area contributed by atoms with E-state index in [9.17, 15) is 0 Å². The molecule has 10 aromatic rings. The standard InChI is InChI=1S/C60H41N/c1-2-17-41-39(15-1)40-16-3-4-18-42(40)50-34-38(28-30-43(41)50)61-58-36-57-51(35-49(58)37-27-29-48-44-19-5-9-23-52(44)59(56(48)33-37)31-13-14-32-59)47-22-8-12-26-55(47)60(57)53-24-10-6-20-45(53)46-21-7-11-25-54(46)60/h1-12,15-30,33-36,61H,13-14,31-32H2. The average Bonchev–Trinajstić information content (AvgIpc) is 4.08. The Morgan fingerprint density at radius 2 is 0.787 bits per heavy atom. The van der Waals surface area contributed by atoms with Gasteiger partial charge in [-0.3, -0.25) is 0 Å². The third-order valence-corrected chi connectivity index (χ3v) is 15.2. The fourth-order valence-electron chi connectivity index (χ4n) is 12.8. The highest BCUT2D eigenvalue weighted by molar-refractivity contribution is 6.25. The Hall–Kier alpha value is -7.22. The molecular formula is C60H41N. The Morgan fingerprint density at radius 3 is 1.39 bits per heavy atom. The lowest BCUT2D eigenvalue weighted by Crippen LogP contribution is -2.26. The van der Waals surface area contributed by atoms with E-state index in [0.29, 0.717) is 0 Å². The van der Waals surface area contributed by atoms with Crippen molar-refractivity contribution in [3.8, 4) is 44.5 Å². The molecule has 14 rings (SSSR count). The second-order valence-corrected chi connectivity index (χ2v) is 17.9. The van der Waals surface area contributed by atoms with Gasteiger partial charge in [0, 0.05) is 22.4 Å². The summed E-state index contributed by atoms with van der Waals surface area (Å²) in [5.41, 5.74) is 21.0. The van der Waals surface area contributed by atoms with Crippen molar-refractivity contribution in [2.24, 2.45) is 0 Å². The summed E-state index contributed by atoms with van der Waals surface area (Å²) in [7, 11) is 0. The summed E-state index contributed by atoms with van der Waals surface area (Å²) >= 11 is 0. The summed E-state index contributed by atoms with van der Waals surface area (Å²) in [6, 6.07) is 73.9. The molecule has 0 radical (unpaired) electrons. The zero-order valence-electron chi connectivity index (χ0n) is 33.8. The predicted molar refractivity (Wildman–Crippen MR) is 255 cm³/mol. The largest absolute Gasteiger partial charge is 0.355 e. The third kappa shape index (κ3) is 4.31. The first kappa shape index (κ1) is 33.6. The maximum atomic E-state index is 4.13. The van der Waals surface area contributed by atoms with E-state index in [1.165, 1.54) is 136 Å². The Balaban J connectivity index is 1.04. The van der Waals surface area contributed by atoms with Crippen molar-refractivity contribution in [1.29, 1.82) is 0 Å². The van der Waals surface area contributed by atoms with E-state index in [1.54, 1.807) is 0 Å². The molecule has 4 aliphatic rings. The number of rotatable bonds is 3. The van der Waals surface area contributed by atoms with Crippen LogP contribution in [-0.4, -0.2) is 0 Å². The minimum Gasteiger partial charge on any atom is -0.355 e. The lowest BCUT2D eigenvalue weighted by Gasteiger charge is -2.31. The molecule has 1 heteroatoms. The molecule has 10 aromatic carbocycles. The molecule has 0 aliphatic heterocycles. The van der Waals surface area contributed by atoms with E-state index in [-0.39, 0.29) is 5.41 Å². The van der Waals surface area contributed by atoms with Crippen LogP contribution in [0.4, 0.5) is 11.4 Å². The van der Waals surface area contributed by atoms with Crippen LogP contribution in [0.1, 0.15) is 59.1 Å². The maximum absolute atomic E-state index is 4.13. The number of fused-ring (bicyclic) bond motifs is 21. The number of benzene rings is 10. The van der Waals surface area contributed by atoms with Crippen LogP contribution >= 0.6 is 0 Å². The van der Waals surface area contributed by atoms with E-state index in [1.807, 2.05) is 0 Å². The van der Waals surface area contributed by atoms with Crippen molar-refractivity contribution >= 4 is 43.7 Å². The molecule has 1 fully saturated rings. The van der Waals surface area contributed by atoms with Gasteiger partial charge < -0.3 is 5.32 Å². The van der Waals surface area contributed by atoms with Crippen LogP contribution in [0.15, 0.2) is 194 Å². The van der Waals surface area contributed by atoms with Crippen LogP contribution in [-0.2, 0) is 10.8 Å². The summed E-state index contributed by atoms with van der Waals surface area (Å²) in [5.74, 6) is 0. The molecule has 286 valence electrons. The first-order valence-electron chi connectivity index (χ1n) is 22.1. The molecule has 2 spiro atoms. The molecule has 1 nitrogen and oxygen atoms in total. The van der Waals surface area contributed by atoms with E-state index in [4.69, 9.17) is 0 Å². The van der Waals surface area contributed by atoms with Crippen LogP contribution in [0.25, 0.3) is 76.8 Å². The highest BCUT2D eigenvalue weighted by Gasteiger charge is 2.52. The lowest BCUT2D eigenvalue weighted by molar-refractivity contribution is 0.550. The van der Waals surface area contributed by atoms with Gasteiger partial charge in [-0.2, -0.15) is 0 Å². The Labute approximate surface area is 356 Å². The molecule has 0 atom stereocenters. The molecule has 0 aromatic heterocycles. The average molecular weight is 776 g/mol. The minimum absolute atomic E-state index is 0.0857. The normalized spacial score (nSPS) is 15.5. The Bertz CT molecular complexity index is 3440.